The van der Waals surface area contributed by atoms with Crippen LogP contribution in [0.25, 0.3) is 0 Å². The van der Waals surface area contributed by atoms with Gasteiger partial charge in [0.2, 0.25) is 0 Å². The molecule has 2 aromatic rings. The zero-order valence-electron chi connectivity index (χ0n) is 15.2. The van der Waals surface area contributed by atoms with E-state index in [9.17, 15) is 4.79 Å². The van der Waals surface area contributed by atoms with Gasteiger partial charge in [-0.15, -0.1) is 0 Å². The van der Waals surface area contributed by atoms with Gasteiger partial charge in [0.05, 0.1) is 12.1 Å². The molecule has 26 heavy (non-hydrogen) atoms. The van der Waals surface area contributed by atoms with E-state index in [2.05, 4.69) is 22.6 Å². The number of ketones is 1. The highest BCUT2D eigenvalue weighted by molar-refractivity contribution is 5.97. The molecule has 2 fully saturated rings. The topological polar surface area (TPSA) is 64.4 Å². The fourth-order valence-electron chi connectivity index (χ4n) is 3.77. The molecule has 5 nitrogen and oxygen atoms in total. The number of carbonyl (C=O) groups excluding carboxylic acids is 1. The van der Waals surface area contributed by atoms with Crippen LogP contribution in [0, 0.1) is 12.8 Å². The SMILES string of the molecule is Cc1cc(CC(=O)c2cccc(C3CC3NCC3CCOCC3)c2)no1. The van der Waals surface area contributed by atoms with Crippen LogP contribution in [0.4, 0.5) is 0 Å². The molecule has 1 aromatic carbocycles. The molecule has 0 radical (unpaired) electrons. The van der Waals surface area contributed by atoms with Crippen molar-refractivity contribution in [3.63, 3.8) is 0 Å². The minimum atomic E-state index is 0.0903. The standard InChI is InChI=1S/C21H26N2O3/c1-14-9-18(23-26-14)11-21(24)17-4-2-3-16(10-17)19-12-20(19)22-13-15-5-7-25-8-6-15/h2-4,9-10,15,19-20,22H,5-8,11-13H2,1H3. The Morgan fingerprint density at radius 2 is 2.12 bits per heavy atom. The second kappa shape index (κ2) is 7.72. The predicted octanol–water partition coefficient (Wildman–Crippen LogP) is 3.28. The Balaban J connectivity index is 1.32. The molecule has 2 aliphatic rings. The first-order chi connectivity index (χ1) is 12.7. The van der Waals surface area contributed by atoms with Gasteiger partial charge in [0, 0.05) is 36.8 Å². The molecule has 4 rings (SSSR count). The summed E-state index contributed by atoms with van der Waals surface area (Å²) in [6.45, 7) is 4.71. The molecule has 2 heterocycles. The number of hydrogen-bond acceptors (Lipinski definition) is 5. The number of ether oxygens (including phenoxy) is 1. The van der Waals surface area contributed by atoms with Gasteiger partial charge in [-0.25, -0.2) is 0 Å². The smallest absolute Gasteiger partial charge is 0.168 e. The van der Waals surface area contributed by atoms with Crippen LogP contribution in [-0.2, 0) is 11.2 Å². The molecule has 0 bridgehead atoms. The highest BCUT2D eigenvalue weighted by Gasteiger charge is 2.38. The molecule has 138 valence electrons. The summed E-state index contributed by atoms with van der Waals surface area (Å²) in [5.41, 5.74) is 2.72. The van der Waals surface area contributed by atoms with Crippen molar-refractivity contribution in [1.82, 2.24) is 10.5 Å². The van der Waals surface area contributed by atoms with E-state index in [1.807, 2.05) is 25.1 Å². The lowest BCUT2D eigenvalue weighted by Gasteiger charge is -2.22. The summed E-state index contributed by atoms with van der Waals surface area (Å²) in [5, 5.41) is 7.62. The van der Waals surface area contributed by atoms with Crippen molar-refractivity contribution >= 4 is 5.78 Å². The van der Waals surface area contributed by atoms with E-state index in [-0.39, 0.29) is 12.2 Å². The summed E-state index contributed by atoms with van der Waals surface area (Å²) in [5.74, 6) is 2.09. The van der Waals surface area contributed by atoms with Gasteiger partial charge in [0.25, 0.3) is 0 Å². The molecule has 2 atom stereocenters. The summed E-state index contributed by atoms with van der Waals surface area (Å²) in [7, 11) is 0. The molecule has 5 heteroatoms. The fourth-order valence-corrected chi connectivity index (χ4v) is 3.77. The van der Waals surface area contributed by atoms with Gasteiger partial charge in [0.1, 0.15) is 5.76 Å². The molecule has 1 aliphatic carbocycles. The van der Waals surface area contributed by atoms with Crippen LogP contribution in [0.15, 0.2) is 34.9 Å². The van der Waals surface area contributed by atoms with Crippen molar-refractivity contribution in [3.05, 3.63) is 52.9 Å². The van der Waals surface area contributed by atoms with E-state index in [1.54, 1.807) is 0 Å². The van der Waals surface area contributed by atoms with Crippen molar-refractivity contribution in [2.24, 2.45) is 5.92 Å². The van der Waals surface area contributed by atoms with Crippen LogP contribution in [-0.4, -0.2) is 36.7 Å². The first-order valence-corrected chi connectivity index (χ1v) is 9.55. The van der Waals surface area contributed by atoms with Gasteiger partial charge < -0.3 is 14.6 Å². The highest BCUT2D eigenvalue weighted by Crippen LogP contribution is 2.41. The Morgan fingerprint density at radius 1 is 1.27 bits per heavy atom. The summed E-state index contributed by atoms with van der Waals surface area (Å²) in [6.07, 6.45) is 3.77. The van der Waals surface area contributed by atoms with Crippen LogP contribution in [0.1, 0.15) is 52.6 Å². The van der Waals surface area contributed by atoms with E-state index < -0.39 is 0 Å². The third-order valence-corrected chi connectivity index (χ3v) is 5.46. The van der Waals surface area contributed by atoms with E-state index >= 15 is 0 Å². The lowest BCUT2D eigenvalue weighted by Crippen LogP contribution is -2.29. The monoisotopic (exact) mass is 354 g/mol. The molecule has 1 aromatic heterocycles. The number of rotatable bonds is 7. The zero-order valence-corrected chi connectivity index (χ0v) is 15.2. The molecule has 1 aliphatic heterocycles. The molecule has 1 N–H and O–H groups in total. The Kier molecular flexibility index (Phi) is 5.18. The van der Waals surface area contributed by atoms with Crippen molar-refractivity contribution in [2.75, 3.05) is 19.8 Å². The highest BCUT2D eigenvalue weighted by atomic mass is 16.5. The van der Waals surface area contributed by atoms with Gasteiger partial charge in [-0.3, -0.25) is 4.79 Å². The lowest BCUT2D eigenvalue weighted by atomic mass is 10.00. The van der Waals surface area contributed by atoms with Crippen LogP contribution in [0.5, 0.6) is 0 Å². The maximum Gasteiger partial charge on any atom is 0.168 e. The number of aromatic nitrogens is 1. The van der Waals surface area contributed by atoms with Crippen LogP contribution >= 0.6 is 0 Å². The molecule has 1 saturated heterocycles. The Hall–Kier alpha value is -1.98. The number of aryl methyl sites for hydroxylation is 1. The molecular weight excluding hydrogens is 328 g/mol. The molecule has 0 spiro atoms. The fraction of sp³-hybridized carbons (Fsp3) is 0.524. The van der Waals surface area contributed by atoms with Crippen LogP contribution in [0.3, 0.4) is 0 Å². The lowest BCUT2D eigenvalue weighted by molar-refractivity contribution is 0.0662. The second-order valence-electron chi connectivity index (χ2n) is 7.57. The maximum absolute atomic E-state index is 12.5. The van der Waals surface area contributed by atoms with Gasteiger partial charge >= 0.3 is 0 Å². The second-order valence-corrected chi connectivity index (χ2v) is 7.57. The predicted molar refractivity (Wildman–Crippen MR) is 98.4 cm³/mol. The summed E-state index contributed by atoms with van der Waals surface area (Å²) in [6, 6.07) is 10.4. The van der Waals surface area contributed by atoms with Crippen LogP contribution < -0.4 is 5.32 Å². The average Bonchev–Trinajstić information content (AvgIpc) is 3.34. The third-order valence-electron chi connectivity index (χ3n) is 5.46. The summed E-state index contributed by atoms with van der Waals surface area (Å²) < 4.78 is 10.5. The number of Topliss-reactive ketones (excluding diaryl/α,β-unsaturated/α-hetero) is 1. The molecule has 1 saturated carbocycles. The van der Waals surface area contributed by atoms with Crippen molar-refractivity contribution < 1.29 is 14.1 Å². The van der Waals surface area contributed by atoms with Crippen LogP contribution in [0.2, 0.25) is 0 Å². The van der Waals surface area contributed by atoms with E-state index in [1.165, 1.54) is 5.56 Å². The minimum absolute atomic E-state index is 0.0903. The molecule has 0 amide bonds. The Labute approximate surface area is 154 Å². The minimum Gasteiger partial charge on any atom is -0.381 e. The van der Waals surface area contributed by atoms with E-state index in [0.29, 0.717) is 17.7 Å². The van der Waals surface area contributed by atoms with Gasteiger partial charge in [-0.1, -0.05) is 23.4 Å². The number of nitrogens with zero attached hydrogens (tertiary/aromatic N) is 1. The van der Waals surface area contributed by atoms with Crippen molar-refractivity contribution in [2.45, 2.75) is 44.6 Å². The first kappa shape index (κ1) is 17.4. The summed E-state index contributed by atoms with van der Waals surface area (Å²) >= 11 is 0. The van der Waals surface area contributed by atoms with Crippen molar-refractivity contribution in [1.29, 1.82) is 0 Å². The third kappa shape index (κ3) is 4.22. The zero-order chi connectivity index (χ0) is 17.9. The number of benzene rings is 1. The molecular formula is C21H26N2O3. The summed E-state index contributed by atoms with van der Waals surface area (Å²) in [4.78, 5) is 12.5. The first-order valence-electron chi connectivity index (χ1n) is 9.55. The normalized spacial score (nSPS) is 23.1. The van der Waals surface area contributed by atoms with E-state index in [0.717, 1.165) is 56.3 Å². The number of carbonyl (C=O) groups is 1. The van der Waals surface area contributed by atoms with Gasteiger partial charge in [-0.05, 0) is 50.3 Å². The molecule has 2 unspecified atom stereocenters. The number of hydrogen-bond donors (Lipinski definition) is 1. The van der Waals surface area contributed by atoms with Crippen molar-refractivity contribution in [3.8, 4) is 0 Å². The Morgan fingerprint density at radius 3 is 2.88 bits per heavy atom. The quantitative estimate of drug-likeness (QED) is 0.773. The largest absolute Gasteiger partial charge is 0.381 e. The Bertz CT molecular complexity index is 764. The maximum atomic E-state index is 12.5. The van der Waals surface area contributed by atoms with Gasteiger partial charge in [0.15, 0.2) is 5.78 Å². The average molecular weight is 354 g/mol. The van der Waals surface area contributed by atoms with E-state index in [4.69, 9.17) is 9.26 Å². The number of nitrogens with one attached hydrogen (secondary N) is 1. The van der Waals surface area contributed by atoms with Gasteiger partial charge in [-0.2, -0.15) is 0 Å².